The minimum Gasteiger partial charge on any atom is -0.456 e. The molecule has 0 fully saturated rings. The van der Waals surface area contributed by atoms with Crippen LogP contribution in [-0.2, 0) is 0 Å². The second kappa shape index (κ2) is 13.7. The van der Waals surface area contributed by atoms with Gasteiger partial charge in [0, 0.05) is 60.2 Å². The highest BCUT2D eigenvalue weighted by Crippen LogP contribution is 2.42. The summed E-state index contributed by atoms with van der Waals surface area (Å²) >= 11 is 0. The van der Waals surface area contributed by atoms with Gasteiger partial charge in [0.25, 0.3) is 0 Å². The molecule has 4 heteroatoms. The van der Waals surface area contributed by atoms with E-state index in [9.17, 15) is 0 Å². The van der Waals surface area contributed by atoms with Crippen molar-refractivity contribution in [2.45, 2.75) is 6.92 Å². The van der Waals surface area contributed by atoms with Crippen LogP contribution in [0.15, 0.2) is 223 Å². The first kappa shape index (κ1) is 35.9. The van der Waals surface area contributed by atoms with Gasteiger partial charge in [-0.25, -0.2) is 0 Å². The summed E-state index contributed by atoms with van der Waals surface area (Å²) in [7, 11) is 0. The Morgan fingerprint density at radius 2 is 0.692 bits per heavy atom. The second-order valence-corrected chi connectivity index (χ2v) is 17.4. The zero-order chi connectivity index (χ0) is 42.8. The molecule has 14 rings (SSSR count). The lowest BCUT2D eigenvalue weighted by Crippen LogP contribution is -1.97. The minimum absolute atomic E-state index is 0.880. The molecule has 0 radical (unpaired) electrons. The molecule has 0 atom stereocenters. The van der Waals surface area contributed by atoms with Crippen molar-refractivity contribution >= 4 is 87.4 Å². The number of benzene rings is 10. The summed E-state index contributed by atoms with van der Waals surface area (Å²) in [6.07, 6.45) is 0. The first-order valence-corrected chi connectivity index (χ1v) is 22.3. The number of hydrogen-bond acceptors (Lipinski definition) is 1. The fourth-order valence-corrected chi connectivity index (χ4v) is 10.7. The fraction of sp³-hybridized carbons (Fsp3) is 0.0164. The number of aryl methyl sites for hydroxylation is 1. The highest BCUT2D eigenvalue weighted by molar-refractivity contribution is 6.18. The molecule has 4 nitrogen and oxygen atoms in total. The lowest BCUT2D eigenvalue weighted by molar-refractivity contribution is 0.669. The van der Waals surface area contributed by atoms with E-state index in [1.807, 2.05) is 0 Å². The highest BCUT2D eigenvalue weighted by atomic mass is 16.3. The molecule has 65 heavy (non-hydrogen) atoms. The molecule has 4 heterocycles. The van der Waals surface area contributed by atoms with Crippen molar-refractivity contribution in [1.82, 2.24) is 13.7 Å². The topological polar surface area (TPSA) is 27.9 Å². The summed E-state index contributed by atoms with van der Waals surface area (Å²) in [5.74, 6) is 0. The molecule has 0 unspecified atom stereocenters. The van der Waals surface area contributed by atoms with E-state index in [1.165, 1.54) is 71.3 Å². The van der Waals surface area contributed by atoms with Crippen LogP contribution in [0.1, 0.15) is 5.56 Å². The number of hydrogen-bond donors (Lipinski definition) is 0. The molecule has 304 valence electrons. The Hall–Kier alpha value is -8.60. The third kappa shape index (κ3) is 5.38. The smallest absolute Gasteiger partial charge is 0.136 e. The van der Waals surface area contributed by atoms with Crippen LogP contribution in [0.2, 0.25) is 0 Å². The predicted molar refractivity (Wildman–Crippen MR) is 272 cm³/mol. The molecular formula is C61H39N3O. The van der Waals surface area contributed by atoms with Crippen molar-refractivity contribution < 1.29 is 4.42 Å². The van der Waals surface area contributed by atoms with Gasteiger partial charge < -0.3 is 18.1 Å². The first-order valence-electron chi connectivity index (χ1n) is 22.3. The Morgan fingerprint density at radius 3 is 1.32 bits per heavy atom. The number of para-hydroxylation sites is 3. The summed E-state index contributed by atoms with van der Waals surface area (Å²) in [5.41, 5.74) is 18.2. The summed E-state index contributed by atoms with van der Waals surface area (Å²) < 4.78 is 13.9. The number of fused-ring (bicyclic) bond motifs is 12. The van der Waals surface area contributed by atoms with Crippen molar-refractivity contribution in [1.29, 1.82) is 0 Å². The van der Waals surface area contributed by atoms with Gasteiger partial charge in [0.05, 0.1) is 33.1 Å². The van der Waals surface area contributed by atoms with Crippen LogP contribution in [0.5, 0.6) is 0 Å². The minimum atomic E-state index is 0.880. The molecule has 0 aliphatic heterocycles. The SMILES string of the molecule is Cc1ccc2c(c1)c1cc(-c3ccc4oc5cc6c7cc(-c8ccccc8)ccc7n(-c7ccc(-n8c9ccccc9c9ccccc98)cc7)c6cc5c4c3)ccc1n2-c1ccccc1. The van der Waals surface area contributed by atoms with E-state index in [0.717, 1.165) is 61.0 Å². The van der Waals surface area contributed by atoms with E-state index in [0.29, 0.717) is 0 Å². The maximum atomic E-state index is 6.74. The first-order chi connectivity index (χ1) is 32.1. The molecule has 0 aliphatic carbocycles. The molecule has 0 aliphatic rings. The fourth-order valence-electron chi connectivity index (χ4n) is 10.7. The van der Waals surface area contributed by atoms with Crippen molar-refractivity contribution in [3.63, 3.8) is 0 Å². The van der Waals surface area contributed by atoms with E-state index in [1.54, 1.807) is 0 Å². The second-order valence-electron chi connectivity index (χ2n) is 17.4. The molecule has 0 saturated heterocycles. The Labute approximate surface area is 374 Å². The Bertz CT molecular complexity index is 4170. The number of nitrogens with zero attached hydrogens (tertiary/aromatic N) is 3. The summed E-state index contributed by atoms with van der Waals surface area (Å²) in [5, 5.41) is 9.57. The zero-order valence-electron chi connectivity index (χ0n) is 35.5. The number of rotatable bonds is 5. The van der Waals surface area contributed by atoms with E-state index in [4.69, 9.17) is 4.42 Å². The van der Waals surface area contributed by atoms with Crippen molar-refractivity contribution in [2.24, 2.45) is 0 Å². The van der Waals surface area contributed by atoms with Crippen molar-refractivity contribution in [2.75, 3.05) is 0 Å². The van der Waals surface area contributed by atoms with Gasteiger partial charge in [-0.1, -0.05) is 115 Å². The summed E-state index contributed by atoms with van der Waals surface area (Å²) in [6.45, 7) is 2.17. The van der Waals surface area contributed by atoms with Crippen molar-refractivity contribution in [3.8, 4) is 39.3 Å². The third-order valence-electron chi connectivity index (χ3n) is 13.7. The molecule has 0 bridgehead atoms. The zero-order valence-corrected chi connectivity index (χ0v) is 35.5. The monoisotopic (exact) mass is 829 g/mol. The molecule has 14 aromatic rings. The van der Waals surface area contributed by atoms with Crippen LogP contribution in [0, 0.1) is 6.92 Å². The summed E-state index contributed by atoms with van der Waals surface area (Å²) in [6, 6.07) is 79.6. The van der Waals surface area contributed by atoms with E-state index < -0.39 is 0 Å². The Balaban J connectivity index is 0.956. The van der Waals surface area contributed by atoms with Gasteiger partial charge in [-0.2, -0.15) is 0 Å². The van der Waals surface area contributed by atoms with Gasteiger partial charge in [0.2, 0.25) is 0 Å². The third-order valence-corrected chi connectivity index (χ3v) is 13.7. The van der Waals surface area contributed by atoms with Crippen molar-refractivity contribution in [3.05, 3.63) is 224 Å². The summed E-state index contributed by atoms with van der Waals surface area (Å²) in [4.78, 5) is 0. The Kier molecular flexibility index (Phi) is 7.57. The average molecular weight is 830 g/mol. The molecule has 0 spiro atoms. The number of aromatic nitrogens is 3. The van der Waals surface area contributed by atoms with Gasteiger partial charge in [-0.05, 0) is 138 Å². The normalized spacial score (nSPS) is 12.1. The predicted octanol–water partition coefficient (Wildman–Crippen LogP) is 16.5. The standard InChI is InChI=1S/C61H39N3O/c1-38-20-28-56-48(32-38)49-34-41(22-30-57(49)62(56)43-14-6-3-7-15-43)42-23-31-60-52(35-42)53-36-59-51(37-61(53)65-60)50-33-40(39-12-4-2-5-13-39)21-29-58(50)64(59)45-26-24-44(25-27-45)63-54-18-10-8-16-46(54)47-17-9-11-19-55(47)63/h2-37H,1H3. The molecule has 0 saturated carbocycles. The maximum absolute atomic E-state index is 6.74. The van der Waals surface area contributed by atoms with E-state index >= 15 is 0 Å². The lowest BCUT2D eigenvalue weighted by atomic mass is 10.00. The molecule has 4 aromatic heterocycles. The lowest BCUT2D eigenvalue weighted by Gasteiger charge is -2.12. The number of furan rings is 1. The Morgan fingerprint density at radius 1 is 0.262 bits per heavy atom. The van der Waals surface area contributed by atoms with Crippen LogP contribution < -0.4 is 0 Å². The van der Waals surface area contributed by atoms with Crippen LogP contribution in [-0.4, -0.2) is 13.7 Å². The van der Waals surface area contributed by atoms with E-state index in [-0.39, 0.29) is 0 Å². The van der Waals surface area contributed by atoms with E-state index in [2.05, 4.69) is 239 Å². The van der Waals surface area contributed by atoms with Gasteiger partial charge in [0.1, 0.15) is 11.2 Å². The average Bonchev–Trinajstić information content (AvgIpc) is 4.09. The highest BCUT2D eigenvalue weighted by Gasteiger charge is 2.20. The van der Waals surface area contributed by atoms with Crippen LogP contribution >= 0.6 is 0 Å². The molecule has 10 aromatic carbocycles. The quantitative estimate of drug-likeness (QED) is 0.170. The largest absolute Gasteiger partial charge is 0.456 e. The molecular weight excluding hydrogens is 791 g/mol. The molecule has 0 N–H and O–H groups in total. The van der Waals surface area contributed by atoms with Gasteiger partial charge in [0.15, 0.2) is 0 Å². The maximum Gasteiger partial charge on any atom is 0.136 e. The molecule has 0 amide bonds. The van der Waals surface area contributed by atoms with Gasteiger partial charge >= 0.3 is 0 Å². The van der Waals surface area contributed by atoms with Crippen LogP contribution in [0.25, 0.3) is 127 Å². The van der Waals surface area contributed by atoms with Gasteiger partial charge in [-0.15, -0.1) is 0 Å². The van der Waals surface area contributed by atoms with Crippen LogP contribution in [0.3, 0.4) is 0 Å². The van der Waals surface area contributed by atoms with Crippen LogP contribution in [0.4, 0.5) is 0 Å². The van der Waals surface area contributed by atoms with Gasteiger partial charge in [-0.3, -0.25) is 0 Å².